The Morgan fingerprint density at radius 1 is 1.38 bits per heavy atom. The van der Waals surface area contributed by atoms with Crippen LogP contribution in [-0.2, 0) is 11.2 Å². The van der Waals surface area contributed by atoms with Crippen LogP contribution < -0.4 is 5.32 Å². The number of nitriles is 1. The number of phenols is 1. The lowest BCUT2D eigenvalue weighted by atomic mass is 10.1. The molecule has 4 nitrogen and oxygen atoms in total. The molecule has 84 valence electrons. The Morgan fingerprint density at radius 2 is 2.06 bits per heavy atom. The van der Waals surface area contributed by atoms with Crippen molar-refractivity contribution in [3.63, 3.8) is 0 Å². The van der Waals surface area contributed by atoms with Gasteiger partial charge in [-0.3, -0.25) is 4.79 Å². The molecule has 4 heteroatoms. The average molecular weight is 218 g/mol. The van der Waals surface area contributed by atoms with Gasteiger partial charge in [-0.15, -0.1) is 0 Å². The van der Waals surface area contributed by atoms with Gasteiger partial charge in [0.2, 0.25) is 5.91 Å². The predicted octanol–water partition coefficient (Wildman–Crippen LogP) is 1.35. The molecule has 1 aromatic rings. The molecule has 0 saturated heterocycles. The highest BCUT2D eigenvalue weighted by Gasteiger charge is 2.00. The topological polar surface area (TPSA) is 73.1 Å². The maximum Gasteiger partial charge on any atom is 0.220 e. The lowest BCUT2D eigenvalue weighted by Crippen LogP contribution is -2.23. The molecule has 0 bridgehead atoms. The summed E-state index contributed by atoms with van der Waals surface area (Å²) >= 11 is 0. The summed E-state index contributed by atoms with van der Waals surface area (Å²) in [4.78, 5) is 11.1. The van der Waals surface area contributed by atoms with Gasteiger partial charge in [0.1, 0.15) is 12.3 Å². The Kier molecular flexibility index (Phi) is 4.87. The summed E-state index contributed by atoms with van der Waals surface area (Å²) in [5.41, 5.74) is 1.09. The van der Waals surface area contributed by atoms with Gasteiger partial charge >= 0.3 is 0 Å². The van der Waals surface area contributed by atoms with Crippen LogP contribution in [0.5, 0.6) is 5.75 Å². The van der Waals surface area contributed by atoms with Crippen molar-refractivity contribution in [3.8, 4) is 11.8 Å². The highest BCUT2D eigenvalue weighted by atomic mass is 16.3. The van der Waals surface area contributed by atoms with Crippen LogP contribution in [0.4, 0.5) is 0 Å². The third-order valence-electron chi connectivity index (χ3n) is 2.17. The number of amides is 1. The smallest absolute Gasteiger partial charge is 0.220 e. The molecule has 0 saturated carbocycles. The summed E-state index contributed by atoms with van der Waals surface area (Å²) in [6.45, 7) is 0.0675. The maximum absolute atomic E-state index is 11.1. The SMILES string of the molecule is N#CCNC(=O)CCCc1ccc(O)cc1. The summed E-state index contributed by atoms with van der Waals surface area (Å²) in [6.07, 6.45) is 1.95. The van der Waals surface area contributed by atoms with Crippen LogP contribution in [0.1, 0.15) is 18.4 Å². The molecule has 1 rings (SSSR count). The molecule has 0 atom stereocenters. The number of benzene rings is 1. The maximum atomic E-state index is 11.1. The van der Waals surface area contributed by atoms with Gasteiger partial charge in [-0.1, -0.05) is 12.1 Å². The highest BCUT2D eigenvalue weighted by molar-refractivity contribution is 5.76. The fourth-order valence-corrected chi connectivity index (χ4v) is 1.34. The first-order valence-corrected chi connectivity index (χ1v) is 5.14. The van der Waals surface area contributed by atoms with Gasteiger partial charge in [-0.25, -0.2) is 0 Å². The van der Waals surface area contributed by atoms with E-state index in [0.717, 1.165) is 18.4 Å². The molecule has 0 aliphatic heterocycles. The number of carbonyl (C=O) groups excluding carboxylic acids is 1. The first kappa shape index (κ1) is 12.1. The molecule has 0 aliphatic rings. The number of aryl methyl sites for hydroxylation is 1. The molecule has 2 N–H and O–H groups in total. The van der Waals surface area contributed by atoms with Crippen molar-refractivity contribution in [2.75, 3.05) is 6.54 Å². The molecular weight excluding hydrogens is 204 g/mol. The molecule has 1 amide bonds. The van der Waals surface area contributed by atoms with E-state index < -0.39 is 0 Å². The second kappa shape index (κ2) is 6.46. The Hall–Kier alpha value is -2.02. The molecule has 0 fully saturated rings. The van der Waals surface area contributed by atoms with Crippen LogP contribution >= 0.6 is 0 Å². The molecule has 0 unspecified atom stereocenters. The van der Waals surface area contributed by atoms with Crippen LogP contribution in [0.3, 0.4) is 0 Å². The summed E-state index contributed by atoms with van der Waals surface area (Å²) in [7, 11) is 0. The molecule has 0 aromatic heterocycles. The number of phenolic OH excluding ortho intramolecular Hbond substituents is 1. The Morgan fingerprint density at radius 3 is 2.69 bits per heavy atom. The monoisotopic (exact) mass is 218 g/mol. The van der Waals surface area contributed by atoms with E-state index in [-0.39, 0.29) is 18.2 Å². The molecule has 1 aromatic carbocycles. The second-order valence-electron chi connectivity index (χ2n) is 3.45. The number of nitrogens with one attached hydrogen (secondary N) is 1. The second-order valence-corrected chi connectivity index (χ2v) is 3.45. The molecule has 0 aliphatic carbocycles. The van der Waals surface area contributed by atoms with Crippen molar-refractivity contribution in [2.24, 2.45) is 0 Å². The van der Waals surface area contributed by atoms with Crippen molar-refractivity contribution >= 4 is 5.91 Å². The Bertz CT molecular complexity index is 379. The molecule has 0 spiro atoms. The molecule has 16 heavy (non-hydrogen) atoms. The summed E-state index contributed by atoms with van der Waals surface area (Å²) in [5.74, 6) is 0.149. The lowest BCUT2D eigenvalue weighted by Gasteiger charge is -2.02. The normalized spacial score (nSPS) is 9.44. The minimum atomic E-state index is -0.0969. The fourth-order valence-electron chi connectivity index (χ4n) is 1.34. The van der Waals surface area contributed by atoms with Crippen LogP contribution in [0, 0.1) is 11.3 Å². The van der Waals surface area contributed by atoms with Gasteiger partial charge in [0.25, 0.3) is 0 Å². The molecular formula is C12H14N2O2. The fraction of sp³-hybridized carbons (Fsp3) is 0.333. The summed E-state index contributed by atoms with van der Waals surface area (Å²) in [5, 5.41) is 19.8. The zero-order valence-electron chi connectivity index (χ0n) is 8.94. The predicted molar refractivity (Wildman–Crippen MR) is 59.7 cm³/mol. The minimum Gasteiger partial charge on any atom is -0.508 e. The van der Waals surface area contributed by atoms with Crippen LogP contribution in [0.25, 0.3) is 0 Å². The largest absolute Gasteiger partial charge is 0.508 e. The number of nitrogens with zero attached hydrogens (tertiary/aromatic N) is 1. The third kappa shape index (κ3) is 4.47. The number of carbonyl (C=O) groups is 1. The van der Waals surface area contributed by atoms with E-state index >= 15 is 0 Å². The van der Waals surface area contributed by atoms with E-state index in [0.29, 0.717) is 6.42 Å². The van der Waals surface area contributed by atoms with E-state index in [1.807, 2.05) is 18.2 Å². The van der Waals surface area contributed by atoms with Gasteiger partial charge in [0.05, 0.1) is 6.07 Å². The molecule has 0 radical (unpaired) electrons. The zero-order chi connectivity index (χ0) is 11.8. The standard InChI is InChI=1S/C12H14N2O2/c13-8-9-14-12(16)3-1-2-10-4-6-11(15)7-5-10/h4-7,15H,1-3,9H2,(H,14,16). The van der Waals surface area contributed by atoms with Gasteiger partial charge in [0, 0.05) is 6.42 Å². The number of hydrogen-bond donors (Lipinski definition) is 2. The van der Waals surface area contributed by atoms with Gasteiger partial charge in [-0.2, -0.15) is 5.26 Å². The van der Waals surface area contributed by atoms with E-state index in [9.17, 15) is 4.79 Å². The third-order valence-corrected chi connectivity index (χ3v) is 2.17. The summed E-state index contributed by atoms with van der Waals surface area (Å²) < 4.78 is 0. The lowest BCUT2D eigenvalue weighted by molar-refractivity contribution is -0.120. The van der Waals surface area contributed by atoms with E-state index in [1.165, 1.54) is 0 Å². The van der Waals surface area contributed by atoms with Gasteiger partial charge < -0.3 is 10.4 Å². The van der Waals surface area contributed by atoms with E-state index in [2.05, 4.69) is 5.32 Å². The van der Waals surface area contributed by atoms with Crippen LogP contribution in [-0.4, -0.2) is 17.6 Å². The quantitative estimate of drug-likeness (QED) is 0.733. The van der Waals surface area contributed by atoms with Crippen LogP contribution in [0.2, 0.25) is 0 Å². The first-order chi connectivity index (χ1) is 7.72. The number of hydrogen-bond acceptors (Lipinski definition) is 3. The van der Waals surface area contributed by atoms with Gasteiger partial charge in [0.15, 0.2) is 0 Å². The van der Waals surface area contributed by atoms with Crippen molar-refractivity contribution in [3.05, 3.63) is 29.8 Å². The zero-order valence-corrected chi connectivity index (χ0v) is 8.94. The first-order valence-electron chi connectivity index (χ1n) is 5.14. The van der Waals surface area contributed by atoms with Gasteiger partial charge in [-0.05, 0) is 30.5 Å². The average Bonchev–Trinajstić information content (AvgIpc) is 2.29. The number of aromatic hydroxyl groups is 1. The van der Waals surface area contributed by atoms with Crippen molar-refractivity contribution in [2.45, 2.75) is 19.3 Å². The summed E-state index contributed by atoms with van der Waals surface area (Å²) in [6, 6.07) is 8.78. The van der Waals surface area contributed by atoms with Crippen molar-refractivity contribution < 1.29 is 9.90 Å². The van der Waals surface area contributed by atoms with E-state index in [4.69, 9.17) is 10.4 Å². The highest BCUT2D eigenvalue weighted by Crippen LogP contribution is 2.11. The van der Waals surface area contributed by atoms with E-state index in [1.54, 1.807) is 12.1 Å². The van der Waals surface area contributed by atoms with Crippen molar-refractivity contribution in [1.82, 2.24) is 5.32 Å². The minimum absolute atomic E-state index is 0.0675. The van der Waals surface area contributed by atoms with Crippen molar-refractivity contribution in [1.29, 1.82) is 5.26 Å². The Labute approximate surface area is 94.5 Å². The molecule has 0 heterocycles. The number of rotatable bonds is 5. The Balaban J connectivity index is 2.23. The van der Waals surface area contributed by atoms with Crippen LogP contribution in [0.15, 0.2) is 24.3 Å².